The molecule has 2 aromatic carbocycles. The van der Waals surface area contributed by atoms with E-state index >= 15 is 0 Å². The fourth-order valence-corrected chi connectivity index (χ4v) is 2.68. The van der Waals surface area contributed by atoms with Gasteiger partial charge in [-0.05, 0) is 24.0 Å². The number of amides is 2. The maximum absolute atomic E-state index is 12.0. The van der Waals surface area contributed by atoms with Crippen LogP contribution in [0.2, 0.25) is 0 Å². The first-order valence-electron chi connectivity index (χ1n) is 9.66. The van der Waals surface area contributed by atoms with Crippen LogP contribution in [0, 0.1) is 0 Å². The molecule has 0 aliphatic carbocycles. The summed E-state index contributed by atoms with van der Waals surface area (Å²) < 4.78 is 10.2. The first-order valence-corrected chi connectivity index (χ1v) is 9.66. The van der Waals surface area contributed by atoms with Gasteiger partial charge in [-0.3, -0.25) is 4.79 Å². The summed E-state index contributed by atoms with van der Waals surface area (Å²) in [7, 11) is 0. The van der Waals surface area contributed by atoms with Gasteiger partial charge in [0, 0.05) is 12.6 Å². The van der Waals surface area contributed by atoms with Crippen LogP contribution >= 0.6 is 0 Å². The Morgan fingerprint density at radius 2 is 1.37 bits per heavy atom. The van der Waals surface area contributed by atoms with Gasteiger partial charge in [-0.2, -0.15) is 0 Å². The molecule has 0 saturated heterocycles. The van der Waals surface area contributed by atoms with Gasteiger partial charge in [0.15, 0.2) is 0 Å². The number of hydrogen-bond acceptors (Lipinski definition) is 5. The molecule has 0 aliphatic heterocycles. The van der Waals surface area contributed by atoms with Crippen LogP contribution in [0.5, 0.6) is 0 Å². The number of carboxylic acids is 1. The number of carbonyl (C=O) groups is 3. The lowest BCUT2D eigenvalue weighted by Gasteiger charge is -2.17. The molecule has 2 rings (SSSR count). The normalized spacial score (nSPS) is 11.2. The highest BCUT2D eigenvalue weighted by atomic mass is 16.6. The molecule has 1 unspecified atom stereocenters. The van der Waals surface area contributed by atoms with Gasteiger partial charge in [0.2, 0.25) is 0 Å². The SMILES string of the molecule is O=C(O)CC(CCCNC(=O)OCc1ccccc1)NC(=O)OCc1ccccc1. The summed E-state index contributed by atoms with van der Waals surface area (Å²) in [5.41, 5.74) is 1.72. The largest absolute Gasteiger partial charge is 0.481 e. The number of hydrogen-bond donors (Lipinski definition) is 3. The Balaban J connectivity index is 1.66. The molecule has 0 fully saturated rings. The van der Waals surface area contributed by atoms with E-state index in [4.69, 9.17) is 14.6 Å². The third-order valence-electron chi connectivity index (χ3n) is 4.17. The second-order valence-corrected chi connectivity index (χ2v) is 6.63. The van der Waals surface area contributed by atoms with Crippen molar-refractivity contribution in [3.05, 3.63) is 71.8 Å². The quantitative estimate of drug-likeness (QED) is 0.485. The molecule has 0 radical (unpaired) electrons. The Hall–Kier alpha value is -3.55. The van der Waals surface area contributed by atoms with Crippen molar-refractivity contribution in [1.82, 2.24) is 10.6 Å². The second-order valence-electron chi connectivity index (χ2n) is 6.63. The molecule has 2 aromatic rings. The Morgan fingerprint density at radius 1 is 0.833 bits per heavy atom. The highest BCUT2D eigenvalue weighted by Gasteiger charge is 2.17. The van der Waals surface area contributed by atoms with Gasteiger partial charge in [0.25, 0.3) is 0 Å². The molecule has 160 valence electrons. The van der Waals surface area contributed by atoms with Crippen LogP contribution in [0.3, 0.4) is 0 Å². The number of nitrogens with one attached hydrogen (secondary N) is 2. The van der Waals surface area contributed by atoms with Crippen molar-refractivity contribution >= 4 is 18.2 Å². The minimum Gasteiger partial charge on any atom is -0.481 e. The smallest absolute Gasteiger partial charge is 0.407 e. The van der Waals surface area contributed by atoms with Gasteiger partial charge < -0.3 is 25.2 Å². The van der Waals surface area contributed by atoms with E-state index in [0.717, 1.165) is 11.1 Å². The predicted octanol–water partition coefficient (Wildman–Crippen LogP) is 3.46. The van der Waals surface area contributed by atoms with Crippen molar-refractivity contribution in [2.24, 2.45) is 0 Å². The third-order valence-corrected chi connectivity index (χ3v) is 4.17. The van der Waals surface area contributed by atoms with E-state index in [1.165, 1.54) is 0 Å². The van der Waals surface area contributed by atoms with Crippen molar-refractivity contribution < 1.29 is 29.0 Å². The van der Waals surface area contributed by atoms with Crippen LogP contribution in [0.25, 0.3) is 0 Å². The maximum atomic E-state index is 12.0. The van der Waals surface area contributed by atoms with Crippen LogP contribution in [0.15, 0.2) is 60.7 Å². The zero-order valence-electron chi connectivity index (χ0n) is 16.6. The molecule has 0 spiro atoms. The van der Waals surface area contributed by atoms with Crippen molar-refractivity contribution in [2.45, 2.75) is 38.5 Å². The van der Waals surface area contributed by atoms with Gasteiger partial charge in [0.05, 0.1) is 6.42 Å². The van der Waals surface area contributed by atoms with E-state index in [1.807, 2.05) is 60.7 Å². The zero-order chi connectivity index (χ0) is 21.6. The molecule has 0 bridgehead atoms. The maximum Gasteiger partial charge on any atom is 0.407 e. The monoisotopic (exact) mass is 414 g/mol. The first kappa shape index (κ1) is 22.7. The molecule has 0 aliphatic rings. The Labute approximate surface area is 175 Å². The number of rotatable bonds is 11. The number of aliphatic carboxylic acids is 1. The lowest BCUT2D eigenvalue weighted by molar-refractivity contribution is -0.137. The molecule has 0 saturated carbocycles. The second kappa shape index (κ2) is 12.8. The van der Waals surface area contributed by atoms with E-state index in [-0.39, 0.29) is 19.6 Å². The van der Waals surface area contributed by atoms with E-state index in [1.54, 1.807) is 0 Å². The van der Waals surface area contributed by atoms with Gasteiger partial charge in [-0.25, -0.2) is 9.59 Å². The number of carbonyl (C=O) groups excluding carboxylic acids is 2. The molecule has 30 heavy (non-hydrogen) atoms. The summed E-state index contributed by atoms with van der Waals surface area (Å²) in [6, 6.07) is 17.9. The summed E-state index contributed by atoms with van der Waals surface area (Å²) in [4.78, 5) is 34.7. The molecule has 3 N–H and O–H groups in total. The Kier molecular flexibility index (Phi) is 9.72. The van der Waals surface area contributed by atoms with Crippen molar-refractivity contribution in [1.29, 1.82) is 0 Å². The van der Waals surface area contributed by atoms with Crippen LogP contribution in [-0.4, -0.2) is 35.8 Å². The van der Waals surface area contributed by atoms with Gasteiger partial charge in [-0.1, -0.05) is 60.7 Å². The fourth-order valence-electron chi connectivity index (χ4n) is 2.68. The van der Waals surface area contributed by atoms with Gasteiger partial charge >= 0.3 is 18.2 Å². The molecule has 8 nitrogen and oxygen atoms in total. The van der Waals surface area contributed by atoms with Crippen LogP contribution in [-0.2, 0) is 27.5 Å². The summed E-state index contributed by atoms with van der Waals surface area (Å²) in [6.45, 7) is 0.564. The highest BCUT2D eigenvalue weighted by molar-refractivity contribution is 5.71. The fraction of sp³-hybridized carbons (Fsp3) is 0.318. The average molecular weight is 414 g/mol. The minimum atomic E-state index is -1.03. The lowest BCUT2D eigenvalue weighted by Crippen LogP contribution is -2.37. The van der Waals surface area contributed by atoms with Crippen molar-refractivity contribution in [3.8, 4) is 0 Å². The van der Waals surface area contributed by atoms with Gasteiger partial charge in [0.1, 0.15) is 13.2 Å². The third kappa shape index (κ3) is 9.59. The molecular weight excluding hydrogens is 388 g/mol. The minimum absolute atomic E-state index is 0.0985. The van der Waals surface area contributed by atoms with Crippen molar-refractivity contribution in [3.63, 3.8) is 0 Å². The Bertz CT molecular complexity index is 798. The molecule has 0 heterocycles. The number of benzene rings is 2. The van der Waals surface area contributed by atoms with Gasteiger partial charge in [-0.15, -0.1) is 0 Å². The number of ether oxygens (including phenoxy) is 2. The average Bonchev–Trinajstić information content (AvgIpc) is 2.75. The molecular formula is C22H26N2O6. The molecule has 2 amide bonds. The summed E-state index contributed by atoms with van der Waals surface area (Å²) in [5, 5.41) is 14.2. The van der Waals surface area contributed by atoms with Crippen LogP contribution in [0.4, 0.5) is 9.59 Å². The molecule has 1 atom stereocenters. The lowest BCUT2D eigenvalue weighted by atomic mass is 10.1. The van der Waals surface area contributed by atoms with E-state index < -0.39 is 24.2 Å². The Morgan fingerprint density at radius 3 is 1.90 bits per heavy atom. The highest BCUT2D eigenvalue weighted by Crippen LogP contribution is 2.05. The van der Waals surface area contributed by atoms with Crippen LogP contribution < -0.4 is 10.6 Å². The zero-order valence-corrected chi connectivity index (χ0v) is 16.6. The molecule has 8 heteroatoms. The summed E-state index contributed by atoms with van der Waals surface area (Å²) >= 11 is 0. The molecule has 0 aromatic heterocycles. The van der Waals surface area contributed by atoms with E-state index in [0.29, 0.717) is 19.4 Å². The number of carboxylic acid groups (broad SMARTS) is 1. The standard InChI is InChI=1S/C22H26N2O6/c25-20(26)14-19(24-22(28)30-16-18-10-5-2-6-11-18)12-7-13-23-21(27)29-15-17-8-3-1-4-9-17/h1-6,8-11,19H,7,12-16H2,(H,23,27)(H,24,28)(H,25,26). The predicted molar refractivity (Wildman–Crippen MR) is 110 cm³/mol. The summed E-state index contributed by atoms with van der Waals surface area (Å²) in [5.74, 6) is -1.03. The topological polar surface area (TPSA) is 114 Å². The number of alkyl carbamates (subject to hydrolysis) is 2. The van der Waals surface area contributed by atoms with E-state index in [2.05, 4.69) is 10.6 Å². The first-order chi connectivity index (χ1) is 14.5. The van der Waals surface area contributed by atoms with E-state index in [9.17, 15) is 14.4 Å². The van der Waals surface area contributed by atoms with Crippen LogP contribution in [0.1, 0.15) is 30.4 Å². The van der Waals surface area contributed by atoms with Crippen molar-refractivity contribution in [2.75, 3.05) is 6.54 Å². The summed E-state index contributed by atoms with van der Waals surface area (Å²) in [6.07, 6.45) is -0.633.